The van der Waals surface area contributed by atoms with E-state index < -0.39 is 53.9 Å². The highest BCUT2D eigenvalue weighted by Crippen LogP contribution is 2.40. The Kier molecular flexibility index (Phi) is 6.05. The van der Waals surface area contributed by atoms with Crippen molar-refractivity contribution in [2.24, 2.45) is 5.92 Å². The Morgan fingerprint density at radius 2 is 1.93 bits per heavy atom. The predicted octanol–water partition coefficient (Wildman–Crippen LogP) is 3.70. The second kappa shape index (κ2) is 7.67. The highest BCUT2D eigenvalue weighted by atomic mass is 19.4. The fourth-order valence-corrected chi connectivity index (χ4v) is 2.86. The molecule has 0 N–H and O–H groups in total. The number of anilines is 1. The number of alkyl halides is 5. The van der Waals surface area contributed by atoms with Crippen LogP contribution in [-0.2, 0) is 15.7 Å². The van der Waals surface area contributed by atoms with E-state index in [2.05, 4.69) is 14.9 Å². The van der Waals surface area contributed by atoms with Gasteiger partial charge in [0, 0.05) is 25.6 Å². The zero-order valence-electron chi connectivity index (χ0n) is 15.9. The third-order valence-corrected chi connectivity index (χ3v) is 4.16. The van der Waals surface area contributed by atoms with E-state index in [4.69, 9.17) is 4.74 Å². The number of rotatable bonds is 4. The number of methoxy groups -OCH3 is 1. The quantitative estimate of drug-likeness (QED) is 0.556. The number of carbonyl (C=O) groups is 1. The lowest BCUT2D eigenvalue weighted by atomic mass is 9.90. The van der Waals surface area contributed by atoms with Crippen LogP contribution in [0.3, 0.4) is 0 Å². The molecule has 2 heterocycles. The summed E-state index contributed by atoms with van der Waals surface area (Å²) in [7, 11) is 1.03. The predicted molar refractivity (Wildman–Crippen MR) is 89.3 cm³/mol. The molecule has 1 aromatic heterocycles. The molecule has 1 aliphatic heterocycles. The Morgan fingerprint density at radius 1 is 1.29 bits per heavy atom. The van der Waals surface area contributed by atoms with Gasteiger partial charge in [-0.25, -0.2) is 8.78 Å². The smallest absolute Gasteiger partial charge is 0.421 e. The van der Waals surface area contributed by atoms with Crippen LogP contribution in [0.15, 0.2) is 6.07 Å². The molecule has 1 atom stereocenters. The second-order valence-electron chi connectivity index (χ2n) is 7.57. The molecule has 1 aromatic rings. The SMILES string of the molecule is COc1nnc(N2CCC(F)(F)C(CC(=O)OC(C)(C)C)C2)cc1C(F)(F)F. The molecule has 0 spiro atoms. The third kappa shape index (κ3) is 5.41. The number of aromatic nitrogens is 2. The molecule has 158 valence electrons. The minimum Gasteiger partial charge on any atom is -0.479 e. The van der Waals surface area contributed by atoms with Crippen LogP contribution in [0.2, 0.25) is 0 Å². The maximum Gasteiger partial charge on any atom is 0.421 e. The molecular weight excluding hydrogens is 389 g/mol. The molecule has 1 saturated heterocycles. The molecule has 0 aromatic carbocycles. The number of nitrogens with zero attached hydrogens (tertiary/aromatic N) is 3. The van der Waals surface area contributed by atoms with E-state index in [1.807, 2.05) is 0 Å². The lowest BCUT2D eigenvalue weighted by molar-refractivity contribution is -0.161. The largest absolute Gasteiger partial charge is 0.479 e. The van der Waals surface area contributed by atoms with Gasteiger partial charge in [-0.2, -0.15) is 13.2 Å². The summed E-state index contributed by atoms with van der Waals surface area (Å²) in [5.41, 5.74) is -1.98. The normalized spacial score (nSPS) is 20.0. The van der Waals surface area contributed by atoms with Crippen molar-refractivity contribution >= 4 is 11.8 Å². The number of halogens is 5. The molecule has 0 aliphatic carbocycles. The third-order valence-electron chi connectivity index (χ3n) is 4.16. The number of carbonyl (C=O) groups excluding carboxylic acids is 1. The Labute approximate surface area is 159 Å². The molecular formula is C17H22F5N3O3. The van der Waals surface area contributed by atoms with Gasteiger partial charge in [0.05, 0.1) is 19.4 Å². The molecule has 6 nitrogen and oxygen atoms in total. The van der Waals surface area contributed by atoms with Crippen LogP contribution >= 0.6 is 0 Å². The van der Waals surface area contributed by atoms with Crippen LogP contribution in [0.1, 0.15) is 39.2 Å². The van der Waals surface area contributed by atoms with Crippen molar-refractivity contribution in [3.63, 3.8) is 0 Å². The average molecular weight is 411 g/mol. The first-order chi connectivity index (χ1) is 12.7. The Balaban J connectivity index is 2.23. The van der Waals surface area contributed by atoms with Crippen LogP contribution in [0, 0.1) is 5.92 Å². The van der Waals surface area contributed by atoms with Gasteiger partial charge in [-0.15, -0.1) is 10.2 Å². The van der Waals surface area contributed by atoms with E-state index in [-0.39, 0.29) is 18.9 Å². The van der Waals surface area contributed by atoms with Gasteiger partial charge in [-0.05, 0) is 20.8 Å². The Bertz CT molecular complexity index is 719. The van der Waals surface area contributed by atoms with E-state index in [1.165, 1.54) is 4.90 Å². The van der Waals surface area contributed by atoms with Gasteiger partial charge >= 0.3 is 12.1 Å². The number of hydrogen-bond acceptors (Lipinski definition) is 6. The second-order valence-corrected chi connectivity index (χ2v) is 7.57. The van der Waals surface area contributed by atoms with Gasteiger partial charge in [-0.3, -0.25) is 4.79 Å². The lowest BCUT2D eigenvalue weighted by Gasteiger charge is -2.38. The molecule has 1 unspecified atom stereocenters. The summed E-state index contributed by atoms with van der Waals surface area (Å²) in [5, 5.41) is 7.05. The number of esters is 1. The van der Waals surface area contributed by atoms with Crippen molar-refractivity contribution in [2.75, 3.05) is 25.1 Å². The van der Waals surface area contributed by atoms with Gasteiger partial charge in [-0.1, -0.05) is 0 Å². The summed E-state index contributed by atoms with van der Waals surface area (Å²) >= 11 is 0. The van der Waals surface area contributed by atoms with Crippen LogP contribution in [-0.4, -0.2) is 47.9 Å². The molecule has 1 fully saturated rings. The Hall–Kier alpha value is -2.20. The van der Waals surface area contributed by atoms with Gasteiger partial charge in [0.1, 0.15) is 11.2 Å². The maximum atomic E-state index is 14.3. The lowest BCUT2D eigenvalue weighted by Crippen LogP contribution is -2.48. The minimum absolute atomic E-state index is 0.210. The molecule has 0 amide bonds. The zero-order chi connectivity index (χ0) is 21.3. The fourth-order valence-electron chi connectivity index (χ4n) is 2.86. The van der Waals surface area contributed by atoms with E-state index in [0.717, 1.165) is 7.11 Å². The molecule has 28 heavy (non-hydrogen) atoms. The van der Waals surface area contributed by atoms with Crippen molar-refractivity contribution in [3.8, 4) is 5.88 Å². The molecule has 2 rings (SSSR count). The molecule has 11 heteroatoms. The molecule has 0 radical (unpaired) electrons. The van der Waals surface area contributed by atoms with Crippen LogP contribution in [0.25, 0.3) is 0 Å². The summed E-state index contributed by atoms with van der Waals surface area (Å²) in [6, 6.07) is 0.708. The average Bonchev–Trinajstić information content (AvgIpc) is 2.53. The van der Waals surface area contributed by atoms with E-state index in [1.54, 1.807) is 20.8 Å². The Morgan fingerprint density at radius 3 is 2.46 bits per heavy atom. The highest BCUT2D eigenvalue weighted by molar-refractivity contribution is 5.70. The van der Waals surface area contributed by atoms with Crippen molar-refractivity contribution in [3.05, 3.63) is 11.6 Å². The first-order valence-corrected chi connectivity index (χ1v) is 8.56. The van der Waals surface area contributed by atoms with Crippen molar-refractivity contribution < 1.29 is 36.2 Å². The number of piperidine rings is 1. The van der Waals surface area contributed by atoms with Crippen molar-refractivity contribution in [1.82, 2.24) is 10.2 Å². The van der Waals surface area contributed by atoms with Crippen LogP contribution in [0.4, 0.5) is 27.8 Å². The van der Waals surface area contributed by atoms with Gasteiger partial charge in [0.25, 0.3) is 5.92 Å². The van der Waals surface area contributed by atoms with Crippen molar-refractivity contribution in [2.45, 2.75) is 51.3 Å². The standard InChI is InChI=1S/C17H22F5N3O3/c1-15(2,3)28-13(26)7-10-9-25(6-5-16(10,18)19)12-8-11(17(20,21)22)14(27-4)24-23-12/h8,10H,5-7,9H2,1-4H3. The summed E-state index contributed by atoms with van der Waals surface area (Å²) in [6.45, 7) is 4.26. The van der Waals surface area contributed by atoms with E-state index >= 15 is 0 Å². The minimum atomic E-state index is -4.74. The zero-order valence-corrected chi connectivity index (χ0v) is 15.9. The summed E-state index contributed by atoms with van der Waals surface area (Å²) in [5.74, 6) is -6.29. The summed E-state index contributed by atoms with van der Waals surface area (Å²) < 4.78 is 77.7. The van der Waals surface area contributed by atoms with Crippen LogP contribution < -0.4 is 9.64 Å². The van der Waals surface area contributed by atoms with Gasteiger partial charge in [0.15, 0.2) is 5.82 Å². The molecule has 0 saturated carbocycles. The first-order valence-electron chi connectivity index (χ1n) is 8.56. The highest BCUT2D eigenvalue weighted by Gasteiger charge is 2.46. The first kappa shape index (κ1) is 22.1. The maximum absolute atomic E-state index is 14.3. The number of ether oxygens (including phenoxy) is 2. The van der Waals surface area contributed by atoms with Gasteiger partial charge < -0.3 is 14.4 Å². The molecule has 1 aliphatic rings. The molecule has 0 bridgehead atoms. The number of hydrogen-bond donors (Lipinski definition) is 0. The monoisotopic (exact) mass is 411 g/mol. The van der Waals surface area contributed by atoms with Gasteiger partial charge in [0.2, 0.25) is 5.88 Å². The van der Waals surface area contributed by atoms with E-state index in [9.17, 15) is 26.7 Å². The topological polar surface area (TPSA) is 64.6 Å². The van der Waals surface area contributed by atoms with E-state index in [0.29, 0.717) is 6.07 Å². The van der Waals surface area contributed by atoms with Crippen LogP contribution in [0.5, 0.6) is 5.88 Å². The summed E-state index contributed by atoms with van der Waals surface area (Å²) in [4.78, 5) is 13.2. The summed E-state index contributed by atoms with van der Waals surface area (Å²) in [6.07, 6.45) is -5.93. The fraction of sp³-hybridized carbons (Fsp3) is 0.706. The van der Waals surface area contributed by atoms with Crippen molar-refractivity contribution in [1.29, 1.82) is 0 Å².